The van der Waals surface area contributed by atoms with E-state index in [0.717, 1.165) is 10.7 Å². The number of hydrazine groups is 1. The van der Waals surface area contributed by atoms with Crippen molar-refractivity contribution in [1.82, 2.24) is 15.0 Å². The van der Waals surface area contributed by atoms with Gasteiger partial charge in [-0.15, -0.1) is 11.3 Å². The van der Waals surface area contributed by atoms with Gasteiger partial charge in [0.1, 0.15) is 5.01 Å². The molecular formula is C15H17N3O3S. The van der Waals surface area contributed by atoms with Gasteiger partial charge in [0.15, 0.2) is 0 Å². The van der Waals surface area contributed by atoms with Crippen molar-refractivity contribution >= 4 is 23.2 Å². The number of carbonyl (C=O) groups is 2. The molecule has 2 rings (SSSR count). The Morgan fingerprint density at radius 3 is 2.50 bits per heavy atom. The first kappa shape index (κ1) is 16.1. The number of carboxylic acid groups (broad SMARTS) is 1. The van der Waals surface area contributed by atoms with Crippen LogP contribution < -0.4 is 0 Å². The third-order valence-electron chi connectivity index (χ3n) is 3.03. The van der Waals surface area contributed by atoms with Gasteiger partial charge in [-0.05, 0) is 25.1 Å². The van der Waals surface area contributed by atoms with E-state index in [2.05, 4.69) is 4.98 Å². The second-order valence-electron chi connectivity index (χ2n) is 4.98. The summed E-state index contributed by atoms with van der Waals surface area (Å²) in [4.78, 5) is 28.0. The highest BCUT2D eigenvalue weighted by atomic mass is 32.1. The maximum atomic E-state index is 12.6. The summed E-state index contributed by atoms with van der Waals surface area (Å²) in [5, 5.41) is 15.0. The van der Waals surface area contributed by atoms with Crippen molar-refractivity contribution in [2.45, 2.75) is 13.5 Å². The summed E-state index contributed by atoms with van der Waals surface area (Å²) in [5.74, 6) is -1.32. The fourth-order valence-electron chi connectivity index (χ4n) is 1.93. The van der Waals surface area contributed by atoms with E-state index in [1.54, 1.807) is 31.2 Å². The monoisotopic (exact) mass is 319 g/mol. The number of aryl methyl sites for hydroxylation is 1. The number of aromatic carboxylic acids is 1. The van der Waals surface area contributed by atoms with E-state index in [4.69, 9.17) is 5.11 Å². The minimum Gasteiger partial charge on any atom is -0.478 e. The van der Waals surface area contributed by atoms with Crippen molar-refractivity contribution in [3.05, 3.63) is 51.5 Å². The number of aromatic nitrogens is 1. The molecule has 0 bridgehead atoms. The van der Waals surface area contributed by atoms with Gasteiger partial charge in [-0.1, -0.05) is 6.07 Å². The molecule has 0 saturated heterocycles. The highest BCUT2D eigenvalue weighted by Gasteiger charge is 2.20. The highest BCUT2D eigenvalue weighted by Crippen LogP contribution is 2.16. The molecule has 116 valence electrons. The van der Waals surface area contributed by atoms with E-state index in [0.29, 0.717) is 12.1 Å². The Balaban J connectivity index is 2.26. The summed E-state index contributed by atoms with van der Waals surface area (Å²) in [6.07, 6.45) is 0. The number of carbonyl (C=O) groups excluding carboxylic acids is 1. The lowest BCUT2D eigenvalue weighted by Gasteiger charge is -2.28. The lowest BCUT2D eigenvalue weighted by atomic mass is 10.1. The molecule has 7 heteroatoms. The number of benzene rings is 1. The molecule has 0 fully saturated rings. The van der Waals surface area contributed by atoms with E-state index < -0.39 is 5.97 Å². The zero-order valence-electron chi connectivity index (χ0n) is 12.6. The number of hydrogen-bond acceptors (Lipinski definition) is 5. The Bertz CT molecular complexity index is 697. The molecule has 0 aliphatic rings. The summed E-state index contributed by atoms with van der Waals surface area (Å²) >= 11 is 1.49. The number of nitrogens with zero attached hydrogens (tertiary/aromatic N) is 3. The average Bonchev–Trinajstić information content (AvgIpc) is 2.89. The maximum absolute atomic E-state index is 12.6. The van der Waals surface area contributed by atoms with Crippen LogP contribution >= 0.6 is 11.3 Å². The second-order valence-corrected chi connectivity index (χ2v) is 5.92. The molecule has 1 N–H and O–H groups in total. The van der Waals surface area contributed by atoms with Crippen LogP contribution in [0.4, 0.5) is 0 Å². The molecule has 0 saturated carbocycles. The Morgan fingerprint density at radius 1 is 1.27 bits per heavy atom. The fraction of sp³-hybridized carbons (Fsp3) is 0.267. The van der Waals surface area contributed by atoms with Crippen LogP contribution in [0.25, 0.3) is 0 Å². The van der Waals surface area contributed by atoms with E-state index in [1.807, 2.05) is 12.3 Å². The molecular weight excluding hydrogens is 302 g/mol. The van der Waals surface area contributed by atoms with Crippen LogP contribution in [0.1, 0.15) is 31.4 Å². The SMILES string of the molecule is Cc1csc(CN(C(=O)c2cccc(C(=O)O)c2)N(C)C)n1. The molecule has 1 aromatic carbocycles. The van der Waals surface area contributed by atoms with Crippen molar-refractivity contribution in [3.8, 4) is 0 Å². The number of amides is 1. The summed E-state index contributed by atoms with van der Waals surface area (Å²) in [5.41, 5.74) is 1.34. The van der Waals surface area contributed by atoms with E-state index >= 15 is 0 Å². The Labute approximate surface area is 132 Å². The summed E-state index contributed by atoms with van der Waals surface area (Å²) < 4.78 is 0. The Hall–Kier alpha value is -2.25. The highest BCUT2D eigenvalue weighted by molar-refractivity contribution is 7.09. The minimum absolute atomic E-state index is 0.0923. The number of rotatable bonds is 5. The molecule has 0 radical (unpaired) electrons. The van der Waals surface area contributed by atoms with Crippen LogP contribution in [0.3, 0.4) is 0 Å². The molecule has 0 spiro atoms. The molecule has 0 aliphatic heterocycles. The molecule has 1 amide bonds. The van der Waals surface area contributed by atoms with Crippen molar-refractivity contribution in [3.63, 3.8) is 0 Å². The molecule has 2 aromatic rings. The number of thiazole rings is 1. The molecule has 0 atom stereocenters. The standard InChI is InChI=1S/C15H17N3O3S/c1-10-9-22-13(16-10)8-18(17(2)3)14(19)11-5-4-6-12(7-11)15(20)21/h4-7,9H,8H2,1-3H3,(H,20,21). The van der Waals surface area contributed by atoms with Gasteiger partial charge in [-0.25, -0.2) is 14.8 Å². The first-order valence-corrected chi connectivity index (χ1v) is 7.50. The van der Waals surface area contributed by atoms with Crippen LogP contribution in [0.5, 0.6) is 0 Å². The zero-order valence-corrected chi connectivity index (χ0v) is 13.4. The fourth-order valence-corrected chi connectivity index (χ4v) is 2.69. The molecule has 1 aromatic heterocycles. The molecule has 1 heterocycles. The topological polar surface area (TPSA) is 73.7 Å². The van der Waals surface area contributed by atoms with Gasteiger partial charge < -0.3 is 5.11 Å². The lowest BCUT2D eigenvalue weighted by Crippen LogP contribution is -2.41. The van der Waals surface area contributed by atoms with Gasteiger partial charge in [0, 0.05) is 30.7 Å². The van der Waals surface area contributed by atoms with Gasteiger partial charge in [0.2, 0.25) is 0 Å². The van der Waals surface area contributed by atoms with Gasteiger partial charge >= 0.3 is 5.97 Å². The third kappa shape index (κ3) is 3.69. The first-order valence-electron chi connectivity index (χ1n) is 6.62. The normalized spacial score (nSPS) is 10.7. The summed E-state index contributed by atoms with van der Waals surface area (Å²) in [7, 11) is 3.53. The van der Waals surface area contributed by atoms with Gasteiger partial charge in [-0.2, -0.15) is 0 Å². The predicted molar refractivity (Wildman–Crippen MR) is 83.8 cm³/mol. The summed E-state index contributed by atoms with van der Waals surface area (Å²) in [6.45, 7) is 2.25. The van der Waals surface area contributed by atoms with Crippen molar-refractivity contribution in [1.29, 1.82) is 0 Å². The minimum atomic E-state index is -1.05. The van der Waals surface area contributed by atoms with E-state index in [9.17, 15) is 9.59 Å². The average molecular weight is 319 g/mol. The summed E-state index contributed by atoms with van der Waals surface area (Å²) in [6, 6.07) is 6.02. The zero-order chi connectivity index (χ0) is 16.3. The van der Waals surface area contributed by atoms with E-state index in [-0.39, 0.29) is 11.5 Å². The lowest BCUT2D eigenvalue weighted by molar-refractivity contribution is 0.0154. The Kier molecular flexibility index (Phi) is 4.89. The molecule has 6 nitrogen and oxygen atoms in total. The van der Waals surface area contributed by atoms with Crippen LogP contribution in [0.15, 0.2) is 29.6 Å². The van der Waals surface area contributed by atoms with Crippen molar-refractivity contribution in [2.24, 2.45) is 0 Å². The first-order chi connectivity index (χ1) is 10.4. The smallest absolute Gasteiger partial charge is 0.335 e. The van der Waals surface area contributed by atoms with Gasteiger partial charge in [0.25, 0.3) is 5.91 Å². The predicted octanol–water partition coefficient (Wildman–Crippen LogP) is 2.27. The number of hydrogen-bond donors (Lipinski definition) is 1. The molecule has 0 unspecified atom stereocenters. The van der Waals surface area contributed by atoms with Crippen molar-refractivity contribution in [2.75, 3.05) is 14.1 Å². The van der Waals surface area contributed by atoms with Gasteiger partial charge in [0.05, 0.1) is 12.1 Å². The molecule has 0 aliphatic carbocycles. The third-order valence-corrected chi connectivity index (χ3v) is 3.98. The van der Waals surface area contributed by atoms with Crippen LogP contribution in [-0.4, -0.2) is 46.1 Å². The largest absolute Gasteiger partial charge is 0.478 e. The van der Waals surface area contributed by atoms with Crippen LogP contribution in [-0.2, 0) is 6.54 Å². The van der Waals surface area contributed by atoms with Crippen LogP contribution in [0, 0.1) is 6.92 Å². The Morgan fingerprint density at radius 2 is 1.95 bits per heavy atom. The van der Waals surface area contributed by atoms with E-state index in [1.165, 1.54) is 28.5 Å². The molecule has 22 heavy (non-hydrogen) atoms. The second kappa shape index (κ2) is 6.67. The maximum Gasteiger partial charge on any atom is 0.335 e. The van der Waals surface area contributed by atoms with Crippen molar-refractivity contribution < 1.29 is 14.7 Å². The van der Waals surface area contributed by atoms with Gasteiger partial charge in [-0.3, -0.25) is 9.80 Å². The quantitative estimate of drug-likeness (QED) is 0.856. The number of carboxylic acids is 1. The van der Waals surface area contributed by atoms with Crippen LogP contribution in [0.2, 0.25) is 0 Å².